The monoisotopic (exact) mass is 362 g/mol. The third-order valence-corrected chi connectivity index (χ3v) is 4.19. The summed E-state index contributed by atoms with van der Waals surface area (Å²) in [5.41, 5.74) is 2.55. The van der Waals surface area contributed by atoms with Gasteiger partial charge in [-0.2, -0.15) is 4.98 Å². The number of hydrogen-bond donors (Lipinski definition) is 2. The van der Waals surface area contributed by atoms with Crippen LogP contribution in [0.2, 0.25) is 0 Å². The van der Waals surface area contributed by atoms with Crippen molar-refractivity contribution in [2.75, 3.05) is 10.6 Å². The van der Waals surface area contributed by atoms with E-state index in [9.17, 15) is 10.1 Å². The van der Waals surface area contributed by atoms with Gasteiger partial charge in [-0.25, -0.2) is 4.98 Å². The lowest BCUT2D eigenvalue weighted by atomic mass is 10.2. The maximum Gasteiger partial charge on any atom is 0.269 e. The number of hydrogen-bond acceptors (Lipinski definition) is 7. The Hall–Kier alpha value is -3.55. The van der Waals surface area contributed by atoms with E-state index in [-0.39, 0.29) is 5.69 Å². The topological polar surface area (TPSA) is 106 Å². The summed E-state index contributed by atoms with van der Waals surface area (Å²) in [5, 5.41) is 17.5. The smallest absolute Gasteiger partial charge is 0.269 e. The van der Waals surface area contributed by atoms with Gasteiger partial charge in [-0.05, 0) is 30.5 Å². The first-order chi connectivity index (χ1) is 13.2. The van der Waals surface area contributed by atoms with Crippen molar-refractivity contribution < 1.29 is 4.92 Å². The zero-order chi connectivity index (χ0) is 18.6. The number of pyridine rings is 1. The second-order valence-electron chi connectivity index (χ2n) is 6.40. The van der Waals surface area contributed by atoms with Gasteiger partial charge in [-0.1, -0.05) is 12.1 Å². The molecule has 0 atom stereocenters. The van der Waals surface area contributed by atoms with Crippen LogP contribution in [-0.2, 0) is 6.54 Å². The summed E-state index contributed by atoms with van der Waals surface area (Å²) in [6, 6.07) is 12.6. The number of nitro groups is 1. The molecule has 2 heterocycles. The SMILES string of the molecule is O=[N+]([O-])c1cccc(CNc2cc(-c3cccnc3)nc(NC3CC3)n2)c1. The highest BCUT2D eigenvalue weighted by Crippen LogP contribution is 2.26. The molecule has 0 amide bonds. The lowest BCUT2D eigenvalue weighted by Gasteiger charge is -2.11. The van der Waals surface area contributed by atoms with Crippen LogP contribution >= 0.6 is 0 Å². The molecular weight excluding hydrogens is 344 g/mol. The minimum atomic E-state index is -0.396. The van der Waals surface area contributed by atoms with E-state index in [1.165, 1.54) is 6.07 Å². The summed E-state index contributed by atoms with van der Waals surface area (Å²) in [7, 11) is 0. The van der Waals surface area contributed by atoms with Crippen LogP contribution in [0.15, 0.2) is 54.9 Å². The number of rotatable bonds is 7. The molecule has 1 saturated carbocycles. The Kier molecular flexibility index (Phi) is 4.61. The van der Waals surface area contributed by atoms with Crippen molar-refractivity contribution in [3.63, 3.8) is 0 Å². The zero-order valence-electron chi connectivity index (χ0n) is 14.5. The molecule has 1 fully saturated rings. The molecule has 0 unspecified atom stereocenters. The van der Waals surface area contributed by atoms with Gasteiger partial charge < -0.3 is 10.6 Å². The lowest BCUT2D eigenvalue weighted by molar-refractivity contribution is -0.384. The molecule has 0 aliphatic heterocycles. The van der Waals surface area contributed by atoms with E-state index < -0.39 is 4.92 Å². The molecule has 8 nitrogen and oxygen atoms in total. The molecular formula is C19H18N6O2. The molecule has 0 radical (unpaired) electrons. The number of non-ortho nitro benzene ring substituents is 1. The van der Waals surface area contributed by atoms with Gasteiger partial charge in [0.1, 0.15) is 5.82 Å². The van der Waals surface area contributed by atoms with E-state index in [0.29, 0.717) is 24.4 Å². The summed E-state index contributed by atoms with van der Waals surface area (Å²) < 4.78 is 0. The number of aromatic nitrogens is 3. The van der Waals surface area contributed by atoms with Crippen molar-refractivity contribution in [1.29, 1.82) is 0 Å². The number of anilines is 2. The maximum atomic E-state index is 10.9. The Bertz CT molecular complexity index is 959. The first-order valence-corrected chi connectivity index (χ1v) is 8.70. The van der Waals surface area contributed by atoms with E-state index >= 15 is 0 Å². The summed E-state index contributed by atoms with van der Waals surface area (Å²) >= 11 is 0. The number of benzene rings is 1. The second kappa shape index (κ2) is 7.36. The minimum Gasteiger partial charge on any atom is -0.366 e. The molecule has 1 aromatic carbocycles. The van der Waals surface area contributed by atoms with Gasteiger partial charge in [0.25, 0.3) is 5.69 Å². The Balaban J connectivity index is 1.57. The van der Waals surface area contributed by atoms with Gasteiger partial charge >= 0.3 is 0 Å². The standard InChI is InChI=1S/C19H18N6O2/c26-25(27)16-5-1-3-13(9-16)11-21-18-10-17(14-4-2-8-20-12-14)23-19(24-18)22-15-6-7-15/h1-5,8-10,12,15H,6-7,11H2,(H2,21,22,23,24). The summed E-state index contributed by atoms with van der Waals surface area (Å²) in [6.07, 6.45) is 5.72. The number of nitrogens with one attached hydrogen (secondary N) is 2. The van der Waals surface area contributed by atoms with E-state index in [1.54, 1.807) is 24.5 Å². The molecule has 3 aromatic rings. The maximum absolute atomic E-state index is 10.9. The van der Waals surface area contributed by atoms with Crippen LogP contribution in [0.3, 0.4) is 0 Å². The van der Waals surface area contributed by atoms with E-state index in [1.807, 2.05) is 24.3 Å². The van der Waals surface area contributed by atoms with Crippen LogP contribution < -0.4 is 10.6 Å². The molecule has 8 heteroatoms. The fourth-order valence-corrected chi connectivity index (χ4v) is 2.65. The van der Waals surface area contributed by atoms with Crippen LogP contribution in [0, 0.1) is 10.1 Å². The average Bonchev–Trinajstić information content (AvgIpc) is 3.51. The molecule has 136 valence electrons. The fraction of sp³-hybridized carbons (Fsp3) is 0.211. The van der Waals surface area contributed by atoms with E-state index in [4.69, 9.17) is 0 Å². The molecule has 1 aliphatic rings. The predicted octanol–water partition coefficient (Wildman–Crippen LogP) is 3.63. The average molecular weight is 362 g/mol. The van der Waals surface area contributed by atoms with E-state index in [0.717, 1.165) is 29.7 Å². The third kappa shape index (κ3) is 4.35. The fourth-order valence-electron chi connectivity index (χ4n) is 2.65. The van der Waals surface area contributed by atoms with Gasteiger partial charge in [0, 0.05) is 48.7 Å². The summed E-state index contributed by atoms with van der Waals surface area (Å²) in [5.74, 6) is 1.22. The first-order valence-electron chi connectivity index (χ1n) is 8.70. The van der Waals surface area contributed by atoms with Crippen LogP contribution in [0.25, 0.3) is 11.3 Å². The number of nitrogens with zero attached hydrogens (tertiary/aromatic N) is 4. The highest BCUT2D eigenvalue weighted by Gasteiger charge is 2.22. The van der Waals surface area contributed by atoms with Crippen LogP contribution in [0.5, 0.6) is 0 Å². The predicted molar refractivity (Wildman–Crippen MR) is 102 cm³/mol. The molecule has 0 spiro atoms. The lowest BCUT2D eigenvalue weighted by Crippen LogP contribution is -2.09. The Morgan fingerprint density at radius 2 is 2.04 bits per heavy atom. The van der Waals surface area contributed by atoms with Gasteiger partial charge in [0.2, 0.25) is 5.95 Å². The largest absolute Gasteiger partial charge is 0.366 e. The zero-order valence-corrected chi connectivity index (χ0v) is 14.5. The van der Waals surface area contributed by atoms with E-state index in [2.05, 4.69) is 25.6 Å². The molecule has 0 saturated heterocycles. The molecule has 2 N–H and O–H groups in total. The van der Waals surface area contributed by atoms with Gasteiger partial charge in [-0.15, -0.1) is 0 Å². The highest BCUT2D eigenvalue weighted by atomic mass is 16.6. The Labute approximate surface area is 155 Å². The molecule has 2 aromatic heterocycles. The van der Waals surface area contributed by atoms with Crippen LogP contribution in [0.1, 0.15) is 18.4 Å². The van der Waals surface area contributed by atoms with Crippen molar-refractivity contribution in [3.05, 3.63) is 70.5 Å². The summed E-state index contributed by atoms with van der Waals surface area (Å²) in [4.78, 5) is 23.8. The number of nitro benzene ring substituents is 1. The normalized spacial score (nSPS) is 13.2. The van der Waals surface area contributed by atoms with Gasteiger partial charge in [0.05, 0.1) is 10.6 Å². The Morgan fingerprint density at radius 3 is 2.78 bits per heavy atom. The van der Waals surface area contributed by atoms with Crippen molar-refractivity contribution in [2.45, 2.75) is 25.4 Å². The third-order valence-electron chi connectivity index (χ3n) is 4.19. The molecule has 1 aliphatic carbocycles. The highest BCUT2D eigenvalue weighted by molar-refractivity contribution is 5.63. The first kappa shape index (κ1) is 16.9. The van der Waals surface area contributed by atoms with Crippen molar-refractivity contribution in [1.82, 2.24) is 15.0 Å². The Morgan fingerprint density at radius 1 is 1.15 bits per heavy atom. The molecule has 4 rings (SSSR count). The quantitative estimate of drug-likeness (QED) is 0.488. The van der Waals surface area contributed by atoms with Crippen LogP contribution in [0.4, 0.5) is 17.5 Å². The summed E-state index contributed by atoms with van der Waals surface area (Å²) in [6.45, 7) is 0.425. The van der Waals surface area contributed by atoms with Crippen LogP contribution in [-0.4, -0.2) is 25.9 Å². The van der Waals surface area contributed by atoms with Gasteiger partial charge in [-0.3, -0.25) is 15.1 Å². The van der Waals surface area contributed by atoms with Gasteiger partial charge in [0.15, 0.2) is 0 Å². The van der Waals surface area contributed by atoms with Crippen molar-refractivity contribution in [3.8, 4) is 11.3 Å². The van der Waals surface area contributed by atoms with Crippen molar-refractivity contribution in [2.24, 2.45) is 0 Å². The molecule has 0 bridgehead atoms. The van der Waals surface area contributed by atoms with Crippen molar-refractivity contribution >= 4 is 17.5 Å². The minimum absolute atomic E-state index is 0.0733. The molecule has 27 heavy (non-hydrogen) atoms. The second-order valence-corrected chi connectivity index (χ2v) is 6.40.